The molecular formula is C21H21BrN2O2S. The van der Waals surface area contributed by atoms with E-state index in [0.717, 1.165) is 14.9 Å². The van der Waals surface area contributed by atoms with E-state index in [-0.39, 0.29) is 24.1 Å². The van der Waals surface area contributed by atoms with Gasteiger partial charge in [0.05, 0.1) is 6.04 Å². The van der Waals surface area contributed by atoms with Gasteiger partial charge in [-0.3, -0.25) is 9.59 Å². The highest BCUT2D eigenvalue weighted by Gasteiger charge is 2.18. The summed E-state index contributed by atoms with van der Waals surface area (Å²) in [5.74, 6) is 0.249. The molecule has 0 aliphatic heterocycles. The second kappa shape index (κ2) is 8.67. The first-order valence-corrected chi connectivity index (χ1v) is 10.4. The summed E-state index contributed by atoms with van der Waals surface area (Å²) >= 11 is 4.93. The summed E-state index contributed by atoms with van der Waals surface area (Å²) in [4.78, 5) is 25.7. The van der Waals surface area contributed by atoms with Gasteiger partial charge < -0.3 is 9.88 Å². The van der Waals surface area contributed by atoms with Crippen LogP contribution in [0.4, 0.5) is 0 Å². The lowest BCUT2D eigenvalue weighted by Crippen LogP contribution is -2.34. The number of benzene rings is 1. The van der Waals surface area contributed by atoms with Crippen LogP contribution in [0.3, 0.4) is 0 Å². The van der Waals surface area contributed by atoms with Crippen molar-refractivity contribution in [2.24, 2.45) is 0 Å². The fourth-order valence-corrected chi connectivity index (χ4v) is 4.02. The van der Waals surface area contributed by atoms with E-state index in [4.69, 9.17) is 0 Å². The quantitative estimate of drug-likeness (QED) is 0.598. The number of nitrogens with zero attached hydrogens (tertiary/aromatic N) is 1. The van der Waals surface area contributed by atoms with Crippen LogP contribution < -0.4 is 10.9 Å². The van der Waals surface area contributed by atoms with Crippen LogP contribution in [-0.2, 0) is 11.3 Å². The van der Waals surface area contributed by atoms with Crippen LogP contribution >= 0.6 is 27.3 Å². The Hall–Kier alpha value is -2.18. The molecule has 0 bridgehead atoms. The number of hydrogen-bond acceptors (Lipinski definition) is 3. The maximum atomic E-state index is 12.6. The van der Waals surface area contributed by atoms with E-state index in [9.17, 15) is 9.59 Å². The minimum absolute atomic E-state index is 0.0236. The van der Waals surface area contributed by atoms with Gasteiger partial charge in [-0.15, -0.1) is 11.3 Å². The smallest absolute Gasteiger partial charge is 0.251 e. The Morgan fingerprint density at radius 1 is 1.11 bits per heavy atom. The number of carbonyl (C=O) groups excluding carboxylic acids is 1. The molecule has 0 aliphatic rings. The van der Waals surface area contributed by atoms with E-state index >= 15 is 0 Å². The van der Waals surface area contributed by atoms with Crippen LogP contribution in [0.25, 0.3) is 0 Å². The highest BCUT2D eigenvalue weighted by Crippen LogP contribution is 2.27. The number of rotatable bonds is 6. The molecule has 1 N–H and O–H groups in total. The average molecular weight is 445 g/mol. The maximum Gasteiger partial charge on any atom is 0.251 e. The van der Waals surface area contributed by atoms with Crippen molar-refractivity contribution in [3.8, 4) is 0 Å². The van der Waals surface area contributed by atoms with Crippen LogP contribution in [0, 0.1) is 0 Å². The normalized spacial score (nSPS) is 12.1. The maximum absolute atomic E-state index is 12.6. The van der Waals surface area contributed by atoms with Gasteiger partial charge in [-0.25, -0.2) is 0 Å². The Bertz CT molecular complexity index is 963. The summed E-state index contributed by atoms with van der Waals surface area (Å²) in [5, 5.41) is 5.07. The predicted molar refractivity (Wildman–Crippen MR) is 113 cm³/mol. The van der Waals surface area contributed by atoms with Gasteiger partial charge in [0.15, 0.2) is 0 Å². The van der Waals surface area contributed by atoms with Gasteiger partial charge in [0.25, 0.3) is 5.56 Å². The SMILES string of the molecule is CC(C)c1ccc(C(NC(=O)Cn2cc(Br)ccc2=O)c2cccs2)cc1. The fraction of sp³-hybridized carbons (Fsp3) is 0.238. The summed E-state index contributed by atoms with van der Waals surface area (Å²) in [7, 11) is 0. The minimum atomic E-state index is -0.235. The monoisotopic (exact) mass is 444 g/mol. The fourth-order valence-electron chi connectivity index (χ4n) is 2.83. The second-order valence-corrected chi connectivity index (χ2v) is 8.55. The molecule has 1 atom stereocenters. The molecule has 3 rings (SSSR count). The van der Waals surface area contributed by atoms with Crippen molar-refractivity contribution in [3.63, 3.8) is 0 Å². The van der Waals surface area contributed by atoms with Crippen LogP contribution in [0.2, 0.25) is 0 Å². The van der Waals surface area contributed by atoms with Crippen LogP contribution in [0.15, 0.2) is 69.4 Å². The topological polar surface area (TPSA) is 51.1 Å². The van der Waals surface area contributed by atoms with Crippen LogP contribution in [-0.4, -0.2) is 10.5 Å². The highest BCUT2D eigenvalue weighted by atomic mass is 79.9. The number of hydrogen-bond donors (Lipinski definition) is 1. The average Bonchev–Trinajstić information content (AvgIpc) is 3.17. The van der Waals surface area contributed by atoms with Crippen molar-refractivity contribution in [3.05, 3.63) is 90.9 Å². The predicted octanol–water partition coefficient (Wildman–Crippen LogP) is 4.70. The van der Waals surface area contributed by atoms with Crippen molar-refractivity contribution in [1.82, 2.24) is 9.88 Å². The number of pyridine rings is 1. The Balaban J connectivity index is 1.83. The molecule has 140 valence electrons. The highest BCUT2D eigenvalue weighted by molar-refractivity contribution is 9.10. The third kappa shape index (κ3) is 4.96. The van der Waals surface area contributed by atoms with E-state index in [0.29, 0.717) is 5.92 Å². The molecule has 0 saturated heterocycles. The first-order chi connectivity index (χ1) is 12.9. The molecule has 2 aromatic heterocycles. The second-order valence-electron chi connectivity index (χ2n) is 6.65. The zero-order valence-electron chi connectivity index (χ0n) is 15.2. The van der Waals surface area contributed by atoms with Gasteiger partial charge in [-0.05, 0) is 50.5 Å². The van der Waals surface area contributed by atoms with Crippen molar-refractivity contribution in [1.29, 1.82) is 0 Å². The number of carbonyl (C=O) groups is 1. The summed E-state index contributed by atoms with van der Waals surface area (Å²) in [6.45, 7) is 4.29. The molecule has 0 spiro atoms. The zero-order valence-corrected chi connectivity index (χ0v) is 17.6. The molecule has 27 heavy (non-hydrogen) atoms. The first-order valence-electron chi connectivity index (χ1n) is 8.72. The molecule has 0 fully saturated rings. The third-order valence-corrected chi connectivity index (χ3v) is 5.74. The summed E-state index contributed by atoms with van der Waals surface area (Å²) in [5.41, 5.74) is 2.08. The van der Waals surface area contributed by atoms with E-state index in [1.54, 1.807) is 23.6 Å². The molecule has 0 radical (unpaired) electrons. The van der Waals surface area contributed by atoms with Crippen LogP contribution in [0.1, 0.15) is 41.8 Å². The van der Waals surface area contributed by atoms with Gasteiger partial charge >= 0.3 is 0 Å². The van der Waals surface area contributed by atoms with Crippen molar-refractivity contribution < 1.29 is 4.79 Å². The molecule has 6 heteroatoms. The zero-order chi connectivity index (χ0) is 19.4. The molecule has 1 aromatic carbocycles. The molecule has 3 aromatic rings. The molecule has 2 heterocycles. The van der Waals surface area contributed by atoms with Crippen molar-refractivity contribution in [2.45, 2.75) is 32.4 Å². The largest absolute Gasteiger partial charge is 0.343 e. The van der Waals surface area contributed by atoms with Gasteiger partial charge in [-0.2, -0.15) is 0 Å². The van der Waals surface area contributed by atoms with Crippen molar-refractivity contribution >= 4 is 33.2 Å². The molecule has 1 unspecified atom stereocenters. The van der Waals surface area contributed by atoms with E-state index in [1.807, 2.05) is 17.5 Å². The number of aromatic nitrogens is 1. The van der Waals surface area contributed by atoms with E-state index < -0.39 is 0 Å². The lowest BCUT2D eigenvalue weighted by molar-refractivity contribution is -0.122. The number of thiophene rings is 1. The van der Waals surface area contributed by atoms with Crippen molar-refractivity contribution in [2.75, 3.05) is 0 Å². The number of nitrogens with one attached hydrogen (secondary N) is 1. The van der Waals surface area contributed by atoms with Gasteiger partial charge in [0.1, 0.15) is 6.54 Å². The molecular weight excluding hydrogens is 424 g/mol. The molecule has 0 saturated carbocycles. The van der Waals surface area contributed by atoms with E-state index in [2.05, 4.69) is 59.4 Å². The Labute approximate surface area is 171 Å². The minimum Gasteiger partial charge on any atom is -0.343 e. The molecule has 0 aliphatic carbocycles. The lowest BCUT2D eigenvalue weighted by Gasteiger charge is -2.19. The van der Waals surface area contributed by atoms with Gasteiger partial charge in [-0.1, -0.05) is 44.2 Å². The Kier molecular flexibility index (Phi) is 6.29. The summed E-state index contributed by atoms with van der Waals surface area (Å²) in [6, 6.07) is 15.2. The van der Waals surface area contributed by atoms with Crippen LogP contribution in [0.5, 0.6) is 0 Å². The number of halogens is 1. The third-order valence-electron chi connectivity index (χ3n) is 4.33. The van der Waals surface area contributed by atoms with E-state index in [1.165, 1.54) is 16.2 Å². The summed E-state index contributed by atoms with van der Waals surface area (Å²) in [6.07, 6.45) is 1.62. The van der Waals surface area contributed by atoms with Gasteiger partial charge in [0, 0.05) is 21.6 Å². The lowest BCUT2D eigenvalue weighted by atomic mass is 9.98. The molecule has 1 amide bonds. The number of amides is 1. The Morgan fingerprint density at radius 2 is 1.81 bits per heavy atom. The Morgan fingerprint density at radius 3 is 2.44 bits per heavy atom. The summed E-state index contributed by atoms with van der Waals surface area (Å²) < 4.78 is 2.15. The standard InChI is InChI=1S/C21H21BrN2O2S/c1-14(2)15-5-7-16(8-6-15)21(18-4-3-11-27-18)23-19(25)13-24-12-17(22)9-10-20(24)26/h3-12,14,21H,13H2,1-2H3,(H,23,25). The molecule has 4 nitrogen and oxygen atoms in total. The first kappa shape index (κ1) is 19.6. The van der Waals surface area contributed by atoms with Gasteiger partial charge in [0.2, 0.25) is 5.91 Å².